The maximum atomic E-state index is 4.19. The van der Waals surface area contributed by atoms with Gasteiger partial charge in [-0.1, -0.05) is 0 Å². The minimum absolute atomic E-state index is 0.0849. The molecule has 0 fully saturated rings. The number of rotatable bonds is 4. The fourth-order valence-electron chi connectivity index (χ4n) is 1.32. The molecule has 88 valence electrons. The number of hydrogen-bond acceptors (Lipinski definition) is 5. The molecule has 5 nitrogen and oxygen atoms in total. The van der Waals surface area contributed by atoms with Crippen LogP contribution in [0.3, 0.4) is 0 Å². The Kier molecular flexibility index (Phi) is 4.11. The molecule has 0 saturated heterocycles. The number of halogens is 1. The van der Waals surface area contributed by atoms with Crippen molar-refractivity contribution in [3.8, 4) is 0 Å². The Morgan fingerprint density at radius 2 is 2.00 bits per heavy atom. The lowest BCUT2D eigenvalue weighted by molar-refractivity contribution is 0.537. The molecule has 6 heteroatoms. The lowest BCUT2D eigenvalue weighted by Gasteiger charge is -2.11. The first-order chi connectivity index (χ1) is 8.25. The lowest BCUT2D eigenvalue weighted by atomic mass is 10.3. The van der Waals surface area contributed by atoms with E-state index in [0.29, 0.717) is 6.54 Å². The van der Waals surface area contributed by atoms with Gasteiger partial charge in [0.25, 0.3) is 0 Å². The summed E-state index contributed by atoms with van der Waals surface area (Å²) in [4.78, 5) is 8.38. The SMILES string of the molecule is C[C@H](NCc1ccc(Br)nn1)c1ncccn1. The molecule has 0 aliphatic carbocycles. The summed E-state index contributed by atoms with van der Waals surface area (Å²) >= 11 is 3.25. The molecule has 0 radical (unpaired) electrons. The topological polar surface area (TPSA) is 63.6 Å². The molecule has 2 heterocycles. The molecule has 0 spiro atoms. The van der Waals surface area contributed by atoms with Crippen LogP contribution in [0.25, 0.3) is 0 Å². The maximum absolute atomic E-state index is 4.19. The third-order valence-corrected chi connectivity index (χ3v) is 2.67. The number of hydrogen-bond donors (Lipinski definition) is 1. The molecule has 0 saturated carbocycles. The van der Waals surface area contributed by atoms with E-state index in [9.17, 15) is 0 Å². The van der Waals surface area contributed by atoms with Crippen molar-refractivity contribution in [2.75, 3.05) is 0 Å². The Balaban J connectivity index is 1.92. The van der Waals surface area contributed by atoms with Gasteiger partial charge in [-0.25, -0.2) is 9.97 Å². The molecular weight excluding hydrogens is 282 g/mol. The average molecular weight is 294 g/mol. The minimum atomic E-state index is 0.0849. The molecule has 1 N–H and O–H groups in total. The van der Waals surface area contributed by atoms with E-state index in [1.54, 1.807) is 18.5 Å². The highest BCUT2D eigenvalue weighted by atomic mass is 79.9. The standard InChI is InChI=1S/C11H12BrN5/c1-8(11-13-5-2-6-14-11)15-7-9-3-4-10(12)17-16-9/h2-6,8,15H,7H2,1H3/t8-/m0/s1. The molecule has 0 amide bonds. The second-order valence-corrected chi connectivity index (χ2v) is 4.37. The van der Waals surface area contributed by atoms with Crippen LogP contribution in [-0.2, 0) is 6.54 Å². The first-order valence-electron chi connectivity index (χ1n) is 5.24. The van der Waals surface area contributed by atoms with Gasteiger partial charge in [-0.15, -0.1) is 5.10 Å². The van der Waals surface area contributed by atoms with E-state index in [2.05, 4.69) is 41.4 Å². The van der Waals surface area contributed by atoms with Gasteiger partial charge in [-0.2, -0.15) is 5.10 Å². The van der Waals surface area contributed by atoms with Crippen LogP contribution in [0.15, 0.2) is 35.2 Å². The van der Waals surface area contributed by atoms with Gasteiger partial charge in [0.05, 0.1) is 11.7 Å². The molecule has 1 atom stereocenters. The zero-order chi connectivity index (χ0) is 12.1. The van der Waals surface area contributed by atoms with E-state index in [-0.39, 0.29) is 6.04 Å². The molecule has 17 heavy (non-hydrogen) atoms. The fourth-order valence-corrected chi connectivity index (χ4v) is 1.53. The van der Waals surface area contributed by atoms with Crippen molar-refractivity contribution in [2.45, 2.75) is 19.5 Å². The summed E-state index contributed by atoms with van der Waals surface area (Å²) in [5.74, 6) is 0.776. The fraction of sp³-hybridized carbons (Fsp3) is 0.273. The summed E-state index contributed by atoms with van der Waals surface area (Å²) in [5.41, 5.74) is 0.885. The Labute approximate surface area is 108 Å². The van der Waals surface area contributed by atoms with E-state index < -0.39 is 0 Å². The molecule has 0 unspecified atom stereocenters. The summed E-state index contributed by atoms with van der Waals surface area (Å²) in [5, 5.41) is 11.3. The highest BCUT2D eigenvalue weighted by molar-refractivity contribution is 9.10. The first kappa shape index (κ1) is 12.1. The zero-order valence-corrected chi connectivity index (χ0v) is 10.9. The van der Waals surface area contributed by atoms with Crippen molar-refractivity contribution in [2.24, 2.45) is 0 Å². The number of aromatic nitrogens is 4. The largest absolute Gasteiger partial charge is 0.302 e. The van der Waals surface area contributed by atoms with Crippen LogP contribution in [0, 0.1) is 0 Å². The van der Waals surface area contributed by atoms with E-state index in [4.69, 9.17) is 0 Å². The van der Waals surface area contributed by atoms with Gasteiger partial charge in [0.1, 0.15) is 10.4 Å². The summed E-state index contributed by atoms with van der Waals surface area (Å²) in [6.45, 7) is 2.65. The second kappa shape index (κ2) is 5.79. The summed E-state index contributed by atoms with van der Waals surface area (Å²) in [6.07, 6.45) is 3.47. The third kappa shape index (κ3) is 3.54. The molecule has 0 aliphatic heterocycles. The van der Waals surface area contributed by atoms with Crippen molar-refractivity contribution < 1.29 is 0 Å². The van der Waals surface area contributed by atoms with Crippen LogP contribution in [0.4, 0.5) is 0 Å². The van der Waals surface area contributed by atoms with Gasteiger partial charge in [-0.05, 0) is 41.1 Å². The van der Waals surface area contributed by atoms with Gasteiger partial charge < -0.3 is 5.32 Å². The van der Waals surface area contributed by atoms with Crippen LogP contribution in [0.1, 0.15) is 24.5 Å². The van der Waals surface area contributed by atoms with Crippen LogP contribution in [0.2, 0.25) is 0 Å². The van der Waals surface area contributed by atoms with Crippen molar-refractivity contribution in [3.05, 3.63) is 46.7 Å². The maximum Gasteiger partial charge on any atom is 0.144 e. The van der Waals surface area contributed by atoms with Gasteiger partial charge in [-0.3, -0.25) is 0 Å². The predicted octanol–water partition coefficient (Wildman–Crippen LogP) is 1.88. The molecule has 2 aromatic heterocycles. The summed E-state index contributed by atoms with van der Waals surface area (Å²) in [6, 6.07) is 5.67. The number of nitrogens with one attached hydrogen (secondary N) is 1. The van der Waals surface area contributed by atoms with Crippen molar-refractivity contribution in [1.29, 1.82) is 0 Å². The predicted molar refractivity (Wildman–Crippen MR) is 67.0 cm³/mol. The highest BCUT2D eigenvalue weighted by Gasteiger charge is 2.07. The second-order valence-electron chi connectivity index (χ2n) is 3.56. The van der Waals surface area contributed by atoms with Gasteiger partial charge in [0.2, 0.25) is 0 Å². The summed E-state index contributed by atoms with van der Waals surface area (Å²) in [7, 11) is 0. The third-order valence-electron chi connectivity index (χ3n) is 2.25. The monoisotopic (exact) mass is 293 g/mol. The molecular formula is C11H12BrN5. The Morgan fingerprint density at radius 1 is 1.24 bits per heavy atom. The van der Waals surface area contributed by atoms with E-state index >= 15 is 0 Å². The van der Waals surface area contributed by atoms with Crippen LogP contribution in [-0.4, -0.2) is 20.2 Å². The quantitative estimate of drug-likeness (QED) is 0.932. The first-order valence-corrected chi connectivity index (χ1v) is 6.03. The molecule has 0 aromatic carbocycles. The molecule has 0 bridgehead atoms. The van der Waals surface area contributed by atoms with Gasteiger partial charge in [0, 0.05) is 18.9 Å². The van der Waals surface area contributed by atoms with E-state index in [1.165, 1.54) is 0 Å². The molecule has 0 aliphatic rings. The van der Waals surface area contributed by atoms with E-state index in [1.807, 2.05) is 19.1 Å². The minimum Gasteiger partial charge on any atom is -0.302 e. The zero-order valence-electron chi connectivity index (χ0n) is 9.34. The van der Waals surface area contributed by atoms with Crippen molar-refractivity contribution in [3.63, 3.8) is 0 Å². The smallest absolute Gasteiger partial charge is 0.144 e. The van der Waals surface area contributed by atoms with Crippen LogP contribution >= 0.6 is 15.9 Å². The van der Waals surface area contributed by atoms with Crippen LogP contribution < -0.4 is 5.32 Å². The van der Waals surface area contributed by atoms with Gasteiger partial charge >= 0.3 is 0 Å². The van der Waals surface area contributed by atoms with Gasteiger partial charge in [0.15, 0.2) is 0 Å². The summed E-state index contributed by atoms with van der Waals surface area (Å²) < 4.78 is 0.737. The van der Waals surface area contributed by atoms with E-state index in [0.717, 1.165) is 16.1 Å². The van der Waals surface area contributed by atoms with Crippen molar-refractivity contribution in [1.82, 2.24) is 25.5 Å². The molecule has 2 rings (SSSR count). The van der Waals surface area contributed by atoms with Crippen LogP contribution in [0.5, 0.6) is 0 Å². The average Bonchev–Trinajstić information content (AvgIpc) is 2.39. The number of nitrogens with zero attached hydrogens (tertiary/aromatic N) is 4. The molecule has 2 aromatic rings. The Morgan fingerprint density at radius 3 is 2.65 bits per heavy atom. The lowest BCUT2D eigenvalue weighted by Crippen LogP contribution is -2.20. The normalized spacial score (nSPS) is 12.4. The Hall–Kier alpha value is -1.40. The van der Waals surface area contributed by atoms with Crippen molar-refractivity contribution >= 4 is 15.9 Å². The highest BCUT2D eigenvalue weighted by Crippen LogP contribution is 2.07. The Bertz CT molecular complexity index is 459.